The molecule has 0 aliphatic carbocycles. The molecule has 0 saturated heterocycles. The standard InChI is InChI=1S/C14H20O2/c1-4-8-12-9-6-7-10-13(12)11(3)14(15)16-5-2/h6-7,9-11H,4-5,8H2,1-3H3. The molecule has 16 heavy (non-hydrogen) atoms. The van der Waals surface area contributed by atoms with Crippen molar-refractivity contribution in [2.24, 2.45) is 0 Å². The van der Waals surface area contributed by atoms with Gasteiger partial charge >= 0.3 is 5.97 Å². The van der Waals surface area contributed by atoms with E-state index in [0.29, 0.717) is 6.61 Å². The van der Waals surface area contributed by atoms with Crippen LogP contribution in [0.4, 0.5) is 0 Å². The van der Waals surface area contributed by atoms with E-state index < -0.39 is 0 Å². The maximum absolute atomic E-state index is 11.7. The number of hydrogen-bond acceptors (Lipinski definition) is 2. The summed E-state index contributed by atoms with van der Waals surface area (Å²) in [6.07, 6.45) is 2.10. The molecule has 1 aromatic rings. The molecule has 0 fully saturated rings. The first-order chi connectivity index (χ1) is 7.70. The highest BCUT2D eigenvalue weighted by atomic mass is 16.5. The number of aryl methyl sites for hydroxylation is 1. The molecule has 0 heterocycles. The van der Waals surface area contributed by atoms with Gasteiger partial charge < -0.3 is 4.74 Å². The van der Waals surface area contributed by atoms with Gasteiger partial charge in [-0.3, -0.25) is 4.79 Å². The zero-order valence-electron chi connectivity index (χ0n) is 10.3. The maximum atomic E-state index is 11.7. The van der Waals surface area contributed by atoms with E-state index in [-0.39, 0.29) is 11.9 Å². The molecule has 0 aliphatic heterocycles. The molecule has 1 atom stereocenters. The molecular formula is C14H20O2. The van der Waals surface area contributed by atoms with Gasteiger partial charge in [0, 0.05) is 0 Å². The second-order valence-electron chi connectivity index (χ2n) is 3.92. The SMILES string of the molecule is CCCc1ccccc1C(C)C(=O)OCC. The predicted molar refractivity (Wildman–Crippen MR) is 65.5 cm³/mol. The number of carbonyl (C=O) groups excluding carboxylic acids is 1. The zero-order chi connectivity index (χ0) is 12.0. The van der Waals surface area contributed by atoms with Gasteiger partial charge in [0.2, 0.25) is 0 Å². The van der Waals surface area contributed by atoms with Gasteiger partial charge in [-0.05, 0) is 31.4 Å². The van der Waals surface area contributed by atoms with Crippen molar-refractivity contribution < 1.29 is 9.53 Å². The quantitative estimate of drug-likeness (QED) is 0.712. The van der Waals surface area contributed by atoms with Crippen molar-refractivity contribution in [3.8, 4) is 0 Å². The Balaban J connectivity index is 2.89. The van der Waals surface area contributed by atoms with Gasteiger partial charge in [0.1, 0.15) is 0 Å². The molecule has 0 saturated carbocycles. The molecule has 0 aromatic heterocycles. The Labute approximate surface area is 97.6 Å². The van der Waals surface area contributed by atoms with Crippen molar-refractivity contribution in [1.82, 2.24) is 0 Å². The van der Waals surface area contributed by atoms with Gasteiger partial charge in [0.05, 0.1) is 12.5 Å². The zero-order valence-corrected chi connectivity index (χ0v) is 10.3. The van der Waals surface area contributed by atoms with Crippen LogP contribution in [-0.2, 0) is 16.0 Å². The number of esters is 1. The lowest BCUT2D eigenvalue weighted by molar-refractivity contribution is -0.144. The van der Waals surface area contributed by atoms with Crippen molar-refractivity contribution >= 4 is 5.97 Å². The topological polar surface area (TPSA) is 26.3 Å². The first kappa shape index (κ1) is 12.8. The predicted octanol–water partition coefficient (Wildman–Crippen LogP) is 3.31. The van der Waals surface area contributed by atoms with Crippen LogP contribution in [0.5, 0.6) is 0 Å². The van der Waals surface area contributed by atoms with E-state index in [1.54, 1.807) is 0 Å². The van der Waals surface area contributed by atoms with Crippen LogP contribution in [0.2, 0.25) is 0 Å². The minimum atomic E-state index is -0.164. The van der Waals surface area contributed by atoms with Crippen molar-refractivity contribution in [2.75, 3.05) is 6.61 Å². The number of rotatable bonds is 5. The third-order valence-electron chi connectivity index (χ3n) is 2.68. The molecule has 2 nitrogen and oxygen atoms in total. The van der Waals surface area contributed by atoms with E-state index in [9.17, 15) is 4.79 Å². The van der Waals surface area contributed by atoms with Crippen LogP contribution in [0.15, 0.2) is 24.3 Å². The fourth-order valence-corrected chi connectivity index (χ4v) is 1.85. The summed E-state index contributed by atoms with van der Waals surface area (Å²) in [7, 11) is 0. The molecule has 0 radical (unpaired) electrons. The largest absolute Gasteiger partial charge is 0.466 e. The van der Waals surface area contributed by atoms with Gasteiger partial charge in [-0.2, -0.15) is 0 Å². The van der Waals surface area contributed by atoms with Gasteiger partial charge in [-0.1, -0.05) is 37.6 Å². The summed E-state index contributed by atoms with van der Waals surface area (Å²) in [6, 6.07) is 8.11. The summed E-state index contributed by atoms with van der Waals surface area (Å²) < 4.78 is 5.05. The summed E-state index contributed by atoms with van der Waals surface area (Å²) >= 11 is 0. The molecule has 1 unspecified atom stereocenters. The van der Waals surface area contributed by atoms with E-state index in [2.05, 4.69) is 13.0 Å². The highest BCUT2D eigenvalue weighted by molar-refractivity contribution is 5.78. The molecule has 0 bridgehead atoms. The molecule has 2 heteroatoms. The van der Waals surface area contributed by atoms with Crippen LogP contribution in [0.3, 0.4) is 0 Å². The lowest BCUT2D eigenvalue weighted by Gasteiger charge is -2.14. The smallest absolute Gasteiger partial charge is 0.313 e. The Kier molecular flexibility index (Phi) is 5.03. The van der Waals surface area contributed by atoms with E-state index >= 15 is 0 Å². The molecule has 0 amide bonds. The van der Waals surface area contributed by atoms with Crippen molar-refractivity contribution in [2.45, 2.75) is 39.5 Å². The first-order valence-corrected chi connectivity index (χ1v) is 5.95. The van der Waals surface area contributed by atoms with E-state index in [4.69, 9.17) is 4.74 Å². The van der Waals surface area contributed by atoms with Gasteiger partial charge in [-0.25, -0.2) is 0 Å². The van der Waals surface area contributed by atoms with Crippen molar-refractivity contribution in [1.29, 1.82) is 0 Å². The Morgan fingerprint density at radius 1 is 1.31 bits per heavy atom. The van der Waals surface area contributed by atoms with Crippen LogP contribution in [0.25, 0.3) is 0 Å². The van der Waals surface area contributed by atoms with E-state index in [1.165, 1.54) is 5.56 Å². The fourth-order valence-electron chi connectivity index (χ4n) is 1.85. The molecule has 0 spiro atoms. The summed E-state index contributed by atoms with van der Waals surface area (Å²) in [5, 5.41) is 0. The number of hydrogen-bond donors (Lipinski definition) is 0. The molecule has 1 aromatic carbocycles. The maximum Gasteiger partial charge on any atom is 0.313 e. The first-order valence-electron chi connectivity index (χ1n) is 5.95. The Hall–Kier alpha value is -1.31. The Morgan fingerprint density at radius 3 is 2.62 bits per heavy atom. The average molecular weight is 220 g/mol. The lowest BCUT2D eigenvalue weighted by atomic mass is 9.93. The summed E-state index contributed by atoms with van der Waals surface area (Å²) in [4.78, 5) is 11.7. The highest BCUT2D eigenvalue weighted by Crippen LogP contribution is 2.22. The molecule has 1 rings (SSSR count). The monoisotopic (exact) mass is 220 g/mol. The fraction of sp³-hybridized carbons (Fsp3) is 0.500. The van der Waals surface area contributed by atoms with Gasteiger partial charge in [-0.15, -0.1) is 0 Å². The highest BCUT2D eigenvalue weighted by Gasteiger charge is 2.18. The molecule has 0 aliphatic rings. The lowest BCUT2D eigenvalue weighted by Crippen LogP contribution is -2.14. The Bertz CT molecular complexity index is 344. The average Bonchev–Trinajstić information content (AvgIpc) is 2.29. The summed E-state index contributed by atoms with van der Waals surface area (Å²) in [6.45, 7) is 6.33. The van der Waals surface area contributed by atoms with Crippen LogP contribution in [0, 0.1) is 0 Å². The minimum absolute atomic E-state index is 0.133. The van der Waals surface area contributed by atoms with E-state index in [0.717, 1.165) is 18.4 Å². The van der Waals surface area contributed by atoms with Crippen LogP contribution < -0.4 is 0 Å². The van der Waals surface area contributed by atoms with Crippen LogP contribution in [-0.4, -0.2) is 12.6 Å². The second kappa shape index (κ2) is 6.31. The normalized spacial score (nSPS) is 12.2. The van der Waals surface area contributed by atoms with Crippen LogP contribution in [0.1, 0.15) is 44.2 Å². The van der Waals surface area contributed by atoms with Crippen molar-refractivity contribution in [3.63, 3.8) is 0 Å². The Morgan fingerprint density at radius 2 is 2.00 bits per heavy atom. The summed E-state index contributed by atoms with van der Waals surface area (Å²) in [5.41, 5.74) is 2.35. The minimum Gasteiger partial charge on any atom is -0.466 e. The number of benzene rings is 1. The molecule has 88 valence electrons. The molecule has 0 N–H and O–H groups in total. The van der Waals surface area contributed by atoms with Gasteiger partial charge in [0.25, 0.3) is 0 Å². The number of ether oxygens (including phenoxy) is 1. The third kappa shape index (κ3) is 3.09. The van der Waals surface area contributed by atoms with Crippen molar-refractivity contribution in [3.05, 3.63) is 35.4 Å². The third-order valence-corrected chi connectivity index (χ3v) is 2.68. The molecular weight excluding hydrogens is 200 g/mol. The van der Waals surface area contributed by atoms with Gasteiger partial charge in [0.15, 0.2) is 0 Å². The number of carbonyl (C=O) groups is 1. The second-order valence-corrected chi connectivity index (χ2v) is 3.92. The van der Waals surface area contributed by atoms with Crippen LogP contribution >= 0.6 is 0 Å². The summed E-state index contributed by atoms with van der Waals surface area (Å²) in [5.74, 6) is -0.297. The van der Waals surface area contributed by atoms with E-state index in [1.807, 2.05) is 32.0 Å².